The fourth-order valence-electron chi connectivity index (χ4n) is 4.58. The van der Waals surface area contributed by atoms with E-state index in [0.29, 0.717) is 35.5 Å². The number of carbonyl (C=O) groups excluding carboxylic acids is 1. The SMILES string of the molecule is CC/C=C/Nc1cc(CCN2C(=O)COC2c2cn(-c3ccc(F)cc3)nc2-c2ccc(F)cc2)ccc1C. The van der Waals surface area contributed by atoms with Crippen LogP contribution in [-0.2, 0) is 16.0 Å². The number of rotatable bonds is 9. The Bertz CT molecular complexity index is 1480. The second-order valence-corrected chi connectivity index (χ2v) is 9.47. The molecule has 8 heteroatoms. The zero-order valence-corrected chi connectivity index (χ0v) is 21.9. The first-order chi connectivity index (χ1) is 18.9. The Labute approximate surface area is 226 Å². The van der Waals surface area contributed by atoms with Gasteiger partial charge in [-0.2, -0.15) is 5.10 Å². The van der Waals surface area contributed by atoms with Crippen LogP contribution in [0.25, 0.3) is 16.9 Å². The number of aryl methyl sites for hydroxylation is 1. The maximum atomic E-state index is 13.7. The first-order valence-corrected chi connectivity index (χ1v) is 13.0. The van der Waals surface area contributed by atoms with Gasteiger partial charge >= 0.3 is 0 Å². The van der Waals surface area contributed by atoms with E-state index in [9.17, 15) is 13.6 Å². The van der Waals surface area contributed by atoms with Gasteiger partial charge < -0.3 is 15.0 Å². The zero-order valence-electron chi connectivity index (χ0n) is 21.9. The van der Waals surface area contributed by atoms with Gasteiger partial charge in [-0.1, -0.05) is 25.1 Å². The van der Waals surface area contributed by atoms with Crippen LogP contribution in [0.15, 0.2) is 85.2 Å². The van der Waals surface area contributed by atoms with Crippen molar-refractivity contribution in [1.82, 2.24) is 14.7 Å². The molecule has 2 heterocycles. The molecule has 39 heavy (non-hydrogen) atoms. The van der Waals surface area contributed by atoms with E-state index >= 15 is 0 Å². The standard InChI is InChI=1S/C31H30F2N4O2/c1-3-4-16-34-28-18-22(6-5-21(28)2)15-17-36-29(38)20-39-31(36)27-19-37(26-13-11-25(33)12-14-26)35-30(27)23-7-9-24(32)10-8-23/h4-14,16,18-19,31,34H,3,15,17,20H2,1-2H3/b16-4+. The lowest BCUT2D eigenvalue weighted by Gasteiger charge is -2.23. The average molecular weight is 529 g/mol. The molecule has 1 amide bonds. The molecule has 1 atom stereocenters. The number of halogens is 2. The van der Waals surface area contributed by atoms with Crippen LogP contribution < -0.4 is 5.32 Å². The smallest absolute Gasteiger partial charge is 0.250 e. The van der Waals surface area contributed by atoms with E-state index < -0.39 is 6.23 Å². The number of benzene rings is 3. The molecule has 1 aliphatic rings. The molecule has 5 rings (SSSR count). The molecule has 0 spiro atoms. The molecule has 0 bridgehead atoms. The molecule has 0 saturated carbocycles. The maximum absolute atomic E-state index is 13.7. The number of aromatic nitrogens is 2. The third-order valence-electron chi connectivity index (χ3n) is 6.72. The summed E-state index contributed by atoms with van der Waals surface area (Å²) >= 11 is 0. The van der Waals surface area contributed by atoms with Crippen molar-refractivity contribution in [3.8, 4) is 16.9 Å². The van der Waals surface area contributed by atoms with Crippen LogP contribution in [0.3, 0.4) is 0 Å². The van der Waals surface area contributed by atoms with Crippen LogP contribution in [0.1, 0.15) is 36.3 Å². The number of nitrogens with one attached hydrogen (secondary N) is 1. The number of amides is 1. The van der Waals surface area contributed by atoms with Crippen LogP contribution >= 0.6 is 0 Å². The van der Waals surface area contributed by atoms with Crippen LogP contribution in [0.4, 0.5) is 14.5 Å². The average Bonchev–Trinajstić information content (AvgIpc) is 3.53. The summed E-state index contributed by atoms with van der Waals surface area (Å²) in [5.74, 6) is -0.822. The zero-order chi connectivity index (χ0) is 27.4. The first-order valence-electron chi connectivity index (χ1n) is 13.0. The lowest BCUT2D eigenvalue weighted by molar-refractivity contribution is -0.128. The van der Waals surface area contributed by atoms with E-state index in [0.717, 1.165) is 23.2 Å². The summed E-state index contributed by atoms with van der Waals surface area (Å²) in [5, 5.41) is 8.06. The van der Waals surface area contributed by atoms with Crippen molar-refractivity contribution in [2.24, 2.45) is 0 Å². The normalized spacial score (nSPS) is 15.4. The number of anilines is 1. The highest BCUT2D eigenvalue weighted by Gasteiger charge is 2.36. The molecule has 1 unspecified atom stereocenters. The predicted molar refractivity (Wildman–Crippen MR) is 147 cm³/mol. The number of allylic oxidation sites excluding steroid dienone is 1. The lowest BCUT2D eigenvalue weighted by atomic mass is 10.1. The molecular weight excluding hydrogens is 498 g/mol. The fraction of sp³-hybridized carbons (Fsp3) is 0.226. The highest BCUT2D eigenvalue weighted by atomic mass is 19.1. The van der Waals surface area contributed by atoms with E-state index in [4.69, 9.17) is 9.84 Å². The van der Waals surface area contributed by atoms with Gasteiger partial charge in [0.1, 0.15) is 23.9 Å². The summed E-state index contributed by atoms with van der Waals surface area (Å²) in [6, 6.07) is 18.2. The summed E-state index contributed by atoms with van der Waals surface area (Å²) in [5.41, 5.74) is 5.82. The molecule has 0 aliphatic carbocycles. The molecule has 6 nitrogen and oxygen atoms in total. The van der Waals surface area contributed by atoms with E-state index in [1.165, 1.54) is 24.3 Å². The fourth-order valence-corrected chi connectivity index (χ4v) is 4.58. The minimum absolute atomic E-state index is 0.0439. The maximum Gasteiger partial charge on any atom is 0.250 e. The third-order valence-corrected chi connectivity index (χ3v) is 6.72. The number of hydrogen-bond donors (Lipinski definition) is 1. The van der Waals surface area contributed by atoms with Crippen LogP contribution in [0.2, 0.25) is 0 Å². The second kappa shape index (κ2) is 11.6. The summed E-state index contributed by atoms with van der Waals surface area (Å²) in [6.45, 7) is 4.53. The topological polar surface area (TPSA) is 59.4 Å². The van der Waals surface area contributed by atoms with Gasteiger partial charge in [0.25, 0.3) is 5.91 Å². The molecule has 1 fully saturated rings. The van der Waals surface area contributed by atoms with Crippen molar-refractivity contribution in [2.45, 2.75) is 32.9 Å². The van der Waals surface area contributed by atoms with Gasteiger partial charge in [0, 0.05) is 29.6 Å². The Morgan fingerprint density at radius 3 is 2.49 bits per heavy atom. The number of nitrogens with zero attached hydrogens (tertiary/aromatic N) is 3. The summed E-state index contributed by atoms with van der Waals surface area (Å²) in [4.78, 5) is 14.7. The monoisotopic (exact) mass is 528 g/mol. The molecule has 3 aromatic carbocycles. The minimum atomic E-state index is -0.665. The van der Waals surface area contributed by atoms with E-state index in [2.05, 4.69) is 43.4 Å². The Hall–Kier alpha value is -4.30. The molecule has 1 aromatic heterocycles. The van der Waals surface area contributed by atoms with Crippen molar-refractivity contribution in [3.63, 3.8) is 0 Å². The highest BCUT2D eigenvalue weighted by molar-refractivity contribution is 5.80. The predicted octanol–water partition coefficient (Wildman–Crippen LogP) is 6.56. The second-order valence-electron chi connectivity index (χ2n) is 9.47. The van der Waals surface area contributed by atoms with Gasteiger partial charge in [-0.15, -0.1) is 0 Å². The van der Waals surface area contributed by atoms with Crippen LogP contribution in [-0.4, -0.2) is 33.7 Å². The largest absolute Gasteiger partial charge is 0.362 e. The van der Waals surface area contributed by atoms with Crippen molar-refractivity contribution in [2.75, 3.05) is 18.5 Å². The van der Waals surface area contributed by atoms with Crippen molar-refractivity contribution >= 4 is 11.6 Å². The molecule has 1 saturated heterocycles. The molecule has 200 valence electrons. The van der Waals surface area contributed by atoms with Crippen LogP contribution in [0.5, 0.6) is 0 Å². The Morgan fingerprint density at radius 1 is 1.05 bits per heavy atom. The van der Waals surface area contributed by atoms with E-state index in [1.54, 1.807) is 40.0 Å². The number of carbonyl (C=O) groups is 1. The third kappa shape index (κ3) is 5.91. The van der Waals surface area contributed by atoms with Gasteiger partial charge in [0.2, 0.25) is 0 Å². The van der Waals surface area contributed by atoms with Gasteiger partial charge in [-0.3, -0.25) is 4.79 Å². The van der Waals surface area contributed by atoms with Gasteiger partial charge in [0.05, 0.1) is 5.69 Å². The van der Waals surface area contributed by atoms with E-state index in [-0.39, 0.29) is 24.1 Å². The van der Waals surface area contributed by atoms with Crippen molar-refractivity contribution in [1.29, 1.82) is 0 Å². The van der Waals surface area contributed by atoms with Gasteiger partial charge in [-0.05, 0) is 91.7 Å². The molecule has 1 aliphatic heterocycles. The van der Waals surface area contributed by atoms with Gasteiger partial charge in [-0.25, -0.2) is 13.5 Å². The Kier molecular flexibility index (Phi) is 7.84. The van der Waals surface area contributed by atoms with E-state index in [1.807, 2.05) is 6.20 Å². The summed E-state index contributed by atoms with van der Waals surface area (Å²) in [7, 11) is 0. The Morgan fingerprint density at radius 2 is 1.77 bits per heavy atom. The number of hydrogen-bond acceptors (Lipinski definition) is 4. The van der Waals surface area contributed by atoms with Crippen molar-refractivity contribution in [3.05, 3.63) is 114 Å². The first kappa shape index (κ1) is 26.3. The molecule has 0 radical (unpaired) electrons. The summed E-state index contributed by atoms with van der Waals surface area (Å²) in [6.07, 6.45) is 6.70. The molecular formula is C31H30F2N4O2. The quantitative estimate of drug-likeness (QED) is 0.267. The summed E-state index contributed by atoms with van der Waals surface area (Å²) < 4.78 is 34.8. The Balaban J connectivity index is 1.44. The lowest BCUT2D eigenvalue weighted by Crippen LogP contribution is -2.30. The van der Waals surface area contributed by atoms with Crippen molar-refractivity contribution < 1.29 is 18.3 Å². The number of ether oxygens (including phenoxy) is 1. The van der Waals surface area contributed by atoms with Gasteiger partial charge in [0.15, 0.2) is 6.23 Å². The molecule has 4 aromatic rings. The minimum Gasteiger partial charge on any atom is -0.362 e. The van der Waals surface area contributed by atoms with Crippen LogP contribution in [0, 0.1) is 18.6 Å². The molecule has 1 N–H and O–H groups in total. The highest BCUT2D eigenvalue weighted by Crippen LogP contribution is 2.35.